The summed E-state index contributed by atoms with van der Waals surface area (Å²) in [5, 5.41) is 22.1. The van der Waals surface area contributed by atoms with Gasteiger partial charge in [0.2, 0.25) is 0 Å². The van der Waals surface area contributed by atoms with Crippen LogP contribution in [0.2, 0.25) is 0 Å². The molecule has 2 bridgehead atoms. The van der Waals surface area contributed by atoms with Gasteiger partial charge in [0.05, 0.1) is 18.0 Å². The van der Waals surface area contributed by atoms with Crippen LogP contribution < -0.4 is 5.73 Å². The standard InChI is InChI=1S/C29H45NO5S/c1-6-26(4)13-22(35-23(33)14-36-20-8-7-18(30)11-19(20)31)27(5)16(2)12-29-15-28(25(27)29,10-9-21(29)32)17(3)24(26)34/h6,16-20,22,24-25,31,34H,1,7-15,30H2,2-5H3/t16-,17+,18-,19-,20-,22-,24+,25+,26-,27+,28-,29?/m1/s1. The molecule has 0 aromatic carbocycles. The van der Waals surface area contributed by atoms with E-state index in [2.05, 4.69) is 27.4 Å². The highest BCUT2D eigenvalue weighted by atomic mass is 32.2. The summed E-state index contributed by atoms with van der Waals surface area (Å²) < 4.78 is 6.37. The molecule has 5 aliphatic rings. The third-order valence-corrected chi connectivity index (χ3v) is 13.2. The molecule has 0 saturated heterocycles. The summed E-state index contributed by atoms with van der Waals surface area (Å²) in [6.07, 6.45) is 6.16. The fraction of sp³-hybridized carbons (Fsp3) is 0.862. The second-order valence-corrected chi connectivity index (χ2v) is 14.7. The Bertz CT molecular complexity index is 943. The normalized spacial score (nSPS) is 54.0. The SMILES string of the molecule is C=C[C@]1(C)C[C@@H](OC(=O)CS[C@@H]2CC[C@@H](N)C[C@H]2O)[C@]2(C)[C@H](C)CC34C[C@@](CCC3=O)([C@@H]42)[C@@H](C)[C@@H]1O. The van der Waals surface area contributed by atoms with Crippen molar-refractivity contribution < 1.29 is 24.5 Å². The molecule has 5 aliphatic carbocycles. The lowest BCUT2D eigenvalue weighted by atomic mass is 9.32. The molecule has 6 nitrogen and oxygen atoms in total. The van der Waals surface area contributed by atoms with Gasteiger partial charge in [-0.05, 0) is 68.1 Å². The van der Waals surface area contributed by atoms with E-state index >= 15 is 0 Å². The topological polar surface area (TPSA) is 110 Å². The van der Waals surface area contributed by atoms with Gasteiger partial charge < -0.3 is 20.7 Å². The van der Waals surface area contributed by atoms with Gasteiger partial charge in [0.15, 0.2) is 0 Å². The largest absolute Gasteiger partial charge is 0.461 e. The second-order valence-electron chi connectivity index (χ2n) is 13.5. The van der Waals surface area contributed by atoms with Gasteiger partial charge >= 0.3 is 5.97 Å². The van der Waals surface area contributed by atoms with Crippen LogP contribution in [0.5, 0.6) is 0 Å². The molecule has 1 unspecified atom stereocenters. The molecule has 202 valence electrons. The summed E-state index contributed by atoms with van der Waals surface area (Å²) in [6.45, 7) is 12.8. The number of carbonyl (C=O) groups excluding carboxylic acids is 2. The number of thioether (sulfide) groups is 1. The van der Waals surface area contributed by atoms with Crippen LogP contribution in [-0.4, -0.2) is 57.3 Å². The Balaban J connectivity index is 1.44. The van der Waals surface area contributed by atoms with Gasteiger partial charge in [-0.2, -0.15) is 0 Å². The Morgan fingerprint density at radius 2 is 1.97 bits per heavy atom. The van der Waals surface area contributed by atoms with Crippen LogP contribution in [0.15, 0.2) is 12.7 Å². The van der Waals surface area contributed by atoms with Gasteiger partial charge in [0.25, 0.3) is 0 Å². The molecule has 5 saturated carbocycles. The predicted molar refractivity (Wildman–Crippen MR) is 141 cm³/mol. The number of nitrogens with two attached hydrogens (primary N) is 1. The molecule has 5 fully saturated rings. The van der Waals surface area contributed by atoms with Crippen molar-refractivity contribution >= 4 is 23.5 Å². The van der Waals surface area contributed by atoms with E-state index in [-0.39, 0.29) is 57.0 Å². The first kappa shape index (κ1) is 26.7. The van der Waals surface area contributed by atoms with Gasteiger partial charge in [-0.15, -0.1) is 18.3 Å². The minimum Gasteiger partial charge on any atom is -0.461 e. The zero-order valence-corrected chi connectivity index (χ0v) is 23.2. The molecule has 0 heterocycles. The summed E-state index contributed by atoms with van der Waals surface area (Å²) in [6, 6.07) is 0.0252. The van der Waals surface area contributed by atoms with Crippen LogP contribution >= 0.6 is 11.8 Å². The third-order valence-electron chi connectivity index (χ3n) is 11.8. The summed E-state index contributed by atoms with van der Waals surface area (Å²) in [7, 11) is 0. The molecule has 12 atom stereocenters. The molecule has 4 N–H and O–H groups in total. The number of Topliss-reactive ketones (excluding diaryl/α,β-unsaturated/α-hetero) is 1. The quantitative estimate of drug-likeness (QED) is 0.374. The average molecular weight is 520 g/mol. The average Bonchev–Trinajstić information content (AvgIpc) is 3.01. The summed E-state index contributed by atoms with van der Waals surface area (Å²) in [5.74, 6) is 0.684. The number of carbonyl (C=O) groups is 2. The third kappa shape index (κ3) is 3.55. The van der Waals surface area contributed by atoms with E-state index in [0.717, 1.165) is 32.1 Å². The van der Waals surface area contributed by atoms with Gasteiger partial charge in [-0.25, -0.2) is 0 Å². The molecule has 0 aliphatic heterocycles. The van der Waals surface area contributed by atoms with Gasteiger partial charge in [0, 0.05) is 34.0 Å². The Hall–Kier alpha value is -0.890. The maximum Gasteiger partial charge on any atom is 0.316 e. The molecular weight excluding hydrogens is 474 g/mol. The van der Waals surface area contributed by atoms with Crippen molar-refractivity contribution in [2.75, 3.05) is 5.75 Å². The molecule has 0 radical (unpaired) electrons. The summed E-state index contributed by atoms with van der Waals surface area (Å²) in [4.78, 5) is 26.7. The Morgan fingerprint density at radius 3 is 2.64 bits per heavy atom. The molecular formula is C29H45NO5S. The lowest BCUT2D eigenvalue weighted by molar-refractivity contribution is -0.257. The molecule has 0 aromatic heterocycles. The van der Waals surface area contributed by atoms with Gasteiger partial charge in [0.1, 0.15) is 11.9 Å². The smallest absolute Gasteiger partial charge is 0.316 e. The van der Waals surface area contributed by atoms with E-state index in [1.807, 2.05) is 13.0 Å². The predicted octanol–water partition coefficient (Wildman–Crippen LogP) is 3.87. The fourth-order valence-corrected chi connectivity index (χ4v) is 10.8. The van der Waals surface area contributed by atoms with E-state index in [1.165, 1.54) is 11.8 Å². The number of rotatable bonds is 5. The highest BCUT2D eigenvalue weighted by Gasteiger charge is 2.81. The van der Waals surface area contributed by atoms with Crippen LogP contribution in [0, 0.1) is 39.4 Å². The minimum atomic E-state index is -0.612. The Morgan fingerprint density at radius 1 is 1.25 bits per heavy atom. The van der Waals surface area contributed by atoms with Crippen molar-refractivity contribution in [2.45, 2.75) is 109 Å². The first-order valence-electron chi connectivity index (χ1n) is 13.9. The Kier molecular flexibility index (Phi) is 6.54. The molecule has 0 amide bonds. The van der Waals surface area contributed by atoms with Crippen molar-refractivity contribution in [2.24, 2.45) is 45.1 Å². The second kappa shape index (κ2) is 8.82. The fourth-order valence-electron chi connectivity index (χ4n) is 9.73. The number of ether oxygens (including phenoxy) is 1. The van der Waals surface area contributed by atoms with E-state index in [9.17, 15) is 19.8 Å². The van der Waals surface area contributed by atoms with Crippen molar-refractivity contribution in [1.29, 1.82) is 0 Å². The van der Waals surface area contributed by atoms with Crippen molar-refractivity contribution in [3.63, 3.8) is 0 Å². The maximum absolute atomic E-state index is 13.4. The molecule has 0 aromatic rings. The molecule has 36 heavy (non-hydrogen) atoms. The Labute approximate surface area is 220 Å². The number of hydrogen-bond donors (Lipinski definition) is 3. The highest BCUT2D eigenvalue weighted by molar-refractivity contribution is 8.00. The van der Waals surface area contributed by atoms with E-state index in [0.29, 0.717) is 25.0 Å². The van der Waals surface area contributed by atoms with Crippen molar-refractivity contribution in [3.05, 3.63) is 12.7 Å². The number of aliphatic hydroxyl groups is 2. The minimum absolute atomic E-state index is 0.00747. The zero-order chi connectivity index (χ0) is 26.3. The molecule has 2 spiro atoms. The first-order chi connectivity index (χ1) is 16.8. The zero-order valence-electron chi connectivity index (χ0n) is 22.4. The highest BCUT2D eigenvalue weighted by Crippen LogP contribution is 2.82. The first-order valence-corrected chi connectivity index (χ1v) is 15.0. The van der Waals surface area contributed by atoms with Gasteiger partial charge in [-0.3, -0.25) is 9.59 Å². The van der Waals surface area contributed by atoms with E-state index < -0.39 is 23.7 Å². The van der Waals surface area contributed by atoms with Crippen LogP contribution in [0.4, 0.5) is 0 Å². The van der Waals surface area contributed by atoms with E-state index in [4.69, 9.17) is 10.5 Å². The van der Waals surface area contributed by atoms with Gasteiger partial charge in [-0.1, -0.05) is 33.8 Å². The summed E-state index contributed by atoms with van der Waals surface area (Å²) in [5.41, 5.74) is 4.60. The summed E-state index contributed by atoms with van der Waals surface area (Å²) >= 11 is 1.47. The number of aliphatic hydroxyl groups excluding tert-OH is 2. The molecule has 5 rings (SSSR count). The molecule has 7 heteroatoms. The monoisotopic (exact) mass is 519 g/mol. The number of esters is 1. The van der Waals surface area contributed by atoms with Crippen LogP contribution in [0.25, 0.3) is 0 Å². The number of hydrogen-bond acceptors (Lipinski definition) is 7. The van der Waals surface area contributed by atoms with Crippen molar-refractivity contribution in [1.82, 2.24) is 0 Å². The van der Waals surface area contributed by atoms with E-state index in [1.54, 1.807) is 0 Å². The lowest BCUT2D eigenvalue weighted by Crippen LogP contribution is -2.71. The van der Waals surface area contributed by atoms with Crippen LogP contribution in [0.3, 0.4) is 0 Å². The number of ketones is 1. The van der Waals surface area contributed by atoms with Crippen molar-refractivity contribution in [3.8, 4) is 0 Å². The van der Waals surface area contributed by atoms with Crippen LogP contribution in [0.1, 0.15) is 79.1 Å². The maximum atomic E-state index is 13.4. The van der Waals surface area contributed by atoms with Crippen LogP contribution in [-0.2, 0) is 14.3 Å². The lowest BCUT2D eigenvalue weighted by Gasteiger charge is -2.71.